The Kier molecular flexibility index (Phi) is 3.03. The molecule has 0 saturated carbocycles. The predicted octanol–water partition coefficient (Wildman–Crippen LogP) is 1.83. The maximum absolute atomic E-state index is 11.8. The van der Waals surface area contributed by atoms with Gasteiger partial charge in [-0.05, 0) is 19.1 Å². The minimum absolute atomic E-state index is 0.00236. The van der Waals surface area contributed by atoms with Gasteiger partial charge in [-0.15, -0.1) is 0 Å². The summed E-state index contributed by atoms with van der Waals surface area (Å²) in [4.78, 5) is 3.70. The van der Waals surface area contributed by atoms with Crippen LogP contribution in [0, 0.1) is 6.92 Å². The largest absolute Gasteiger partial charge is 0.360 e. The van der Waals surface area contributed by atoms with Gasteiger partial charge in [0, 0.05) is 12.3 Å². The van der Waals surface area contributed by atoms with E-state index in [1.165, 1.54) is 18.2 Å². The molecule has 2 aromatic heterocycles. The smallest absolute Gasteiger partial charge is 0.264 e. The summed E-state index contributed by atoms with van der Waals surface area (Å²) in [6.07, 6.45) is 1.16. The molecule has 1 N–H and O–H groups in total. The van der Waals surface area contributed by atoms with Crippen molar-refractivity contribution in [2.24, 2.45) is 0 Å². The van der Waals surface area contributed by atoms with E-state index < -0.39 is 10.0 Å². The number of nitrogens with one attached hydrogen (secondary N) is 1. The molecular formula is C9H8ClN3O3S. The fourth-order valence-electron chi connectivity index (χ4n) is 1.13. The fraction of sp³-hybridized carbons (Fsp3) is 0.111. The number of halogens is 1. The van der Waals surface area contributed by atoms with Gasteiger partial charge in [0.05, 0.1) is 0 Å². The molecule has 17 heavy (non-hydrogen) atoms. The van der Waals surface area contributed by atoms with Crippen molar-refractivity contribution in [2.45, 2.75) is 11.8 Å². The van der Waals surface area contributed by atoms with E-state index in [1.54, 1.807) is 6.92 Å². The van der Waals surface area contributed by atoms with Crippen molar-refractivity contribution in [1.82, 2.24) is 10.1 Å². The summed E-state index contributed by atoms with van der Waals surface area (Å²) in [7, 11) is -3.71. The molecule has 2 heterocycles. The van der Waals surface area contributed by atoms with Crippen molar-refractivity contribution < 1.29 is 12.9 Å². The molecule has 0 aromatic carbocycles. The normalized spacial score (nSPS) is 11.4. The lowest BCUT2D eigenvalue weighted by Crippen LogP contribution is -2.13. The molecule has 0 saturated heterocycles. The van der Waals surface area contributed by atoms with Crippen LogP contribution in [-0.4, -0.2) is 18.6 Å². The van der Waals surface area contributed by atoms with Crippen molar-refractivity contribution in [2.75, 3.05) is 4.72 Å². The Bertz CT molecular complexity index is 621. The van der Waals surface area contributed by atoms with E-state index in [2.05, 4.69) is 14.9 Å². The minimum atomic E-state index is -3.71. The first kappa shape index (κ1) is 11.9. The van der Waals surface area contributed by atoms with Crippen LogP contribution in [0.1, 0.15) is 5.76 Å². The molecule has 2 aromatic rings. The van der Waals surface area contributed by atoms with E-state index in [9.17, 15) is 8.42 Å². The SMILES string of the molecule is Cc1cc(NS(=O)(=O)c2ccc(Cl)nc2)no1. The summed E-state index contributed by atoms with van der Waals surface area (Å²) >= 11 is 5.57. The Balaban J connectivity index is 2.28. The van der Waals surface area contributed by atoms with E-state index in [0.29, 0.717) is 5.76 Å². The molecule has 0 bridgehead atoms. The van der Waals surface area contributed by atoms with Crippen LogP contribution < -0.4 is 4.72 Å². The van der Waals surface area contributed by atoms with Gasteiger partial charge in [0.15, 0.2) is 5.82 Å². The zero-order valence-electron chi connectivity index (χ0n) is 8.71. The lowest BCUT2D eigenvalue weighted by atomic mass is 10.5. The third kappa shape index (κ3) is 2.75. The molecule has 0 fully saturated rings. The van der Waals surface area contributed by atoms with Gasteiger partial charge >= 0.3 is 0 Å². The second kappa shape index (κ2) is 4.34. The van der Waals surface area contributed by atoms with Crippen LogP contribution in [-0.2, 0) is 10.0 Å². The van der Waals surface area contributed by atoms with Crippen molar-refractivity contribution in [3.8, 4) is 0 Å². The van der Waals surface area contributed by atoms with Gasteiger partial charge in [-0.1, -0.05) is 16.8 Å². The lowest BCUT2D eigenvalue weighted by Gasteiger charge is -2.03. The molecule has 90 valence electrons. The fourth-order valence-corrected chi connectivity index (χ4v) is 2.17. The second-order valence-corrected chi connectivity index (χ2v) is 5.31. The molecule has 0 amide bonds. The van der Waals surface area contributed by atoms with E-state index in [-0.39, 0.29) is 15.9 Å². The molecule has 0 radical (unpaired) electrons. The van der Waals surface area contributed by atoms with Crippen LogP contribution in [0.2, 0.25) is 5.15 Å². The number of pyridine rings is 1. The zero-order valence-corrected chi connectivity index (χ0v) is 10.3. The second-order valence-electron chi connectivity index (χ2n) is 3.24. The maximum Gasteiger partial charge on any atom is 0.264 e. The van der Waals surface area contributed by atoms with Gasteiger partial charge < -0.3 is 4.52 Å². The van der Waals surface area contributed by atoms with Gasteiger partial charge in [-0.3, -0.25) is 4.72 Å². The quantitative estimate of drug-likeness (QED) is 0.863. The number of aromatic nitrogens is 2. The lowest BCUT2D eigenvalue weighted by molar-refractivity contribution is 0.400. The van der Waals surface area contributed by atoms with E-state index in [1.807, 2.05) is 0 Å². The van der Waals surface area contributed by atoms with Crippen LogP contribution >= 0.6 is 11.6 Å². The van der Waals surface area contributed by atoms with Gasteiger partial charge in [0.25, 0.3) is 10.0 Å². The zero-order chi connectivity index (χ0) is 12.5. The van der Waals surface area contributed by atoms with E-state index in [0.717, 1.165) is 6.20 Å². The highest BCUT2D eigenvalue weighted by molar-refractivity contribution is 7.92. The predicted molar refractivity (Wildman–Crippen MR) is 61.3 cm³/mol. The highest BCUT2D eigenvalue weighted by atomic mass is 35.5. The number of sulfonamides is 1. The summed E-state index contributed by atoms with van der Waals surface area (Å²) in [6.45, 7) is 1.66. The first-order valence-corrected chi connectivity index (χ1v) is 6.41. The number of rotatable bonds is 3. The molecule has 0 aliphatic carbocycles. The minimum Gasteiger partial charge on any atom is -0.360 e. The molecule has 0 unspecified atom stereocenters. The van der Waals surface area contributed by atoms with Crippen molar-refractivity contribution in [3.05, 3.63) is 35.3 Å². The third-order valence-corrected chi connectivity index (χ3v) is 3.44. The standard InChI is InChI=1S/C9H8ClN3O3S/c1-6-4-9(12-16-6)13-17(14,15)7-2-3-8(10)11-5-7/h2-5H,1H3,(H,12,13). The Morgan fingerprint density at radius 2 is 2.18 bits per heavy atom. The van der Waals surface area contributed by atoms with Crippen LogP contribution in [0.3, 0.4) is 0 Å². The Morgan fingerprint density at radius 3 is 2.71 bits per heavy atom. The summed E-state index contributed by atoms with van der Waals surface area (Å²) < 4.78 is 30.7. The molecule has 8 heteroatoms. The summed E-state index contributed by atoms with van der Waals surface area (Å²) in [5.41, 5.74) is 0. The number of nitrogens with zero attached hydrogens (tertiary/aromatic N) is 2. The van der Waals surface area contributed by atoms with Gasteiger partial charge in [-0.2, -0.15) is 0 Å². The van der Waals surface area contributed by atoms with Crippen LogP contribution in [0.5, 0.6) is 0 Å². The monoisotopic (exact) mass is 273 g/mol. The molecule has 0 atom stereocenters. The van der Waals surface area contributed by atoms with Crippen LogP contribution in [0.4, 0.5) is 5.82 Å². The number of hydrogen-bond donors (Lipinski definition) is 1. The average Bonchev–Trinajstić information content (AvgIpc) is 2.63. The summed E-state index contributed by atoms with van der Waals surface area (Å²) in [6, 6.07) is 4.22. The molecular weight excluding hydrogens is 266 g/mol. The molecule has 0 aliphatic heterocycles. The Morgan fingerprint density at radius 1 is 1.41 bits per heavy atom. The van der Waals surface area contributed by atoms with E-state index in [4.69, 9.17) is 16.1 Å². The van der Waals surface area contributed by atoms with Crippen molar-refractivity contribution >= 4 is 27.4 Å². The van der Waals surface area contributed by atoms with Crippen molar-refractivity contribution in [3.63, 3.8) is 0 Å². The van der Waals surface area contributed by atoms with Crippen molar-refractivity contribution in [1.29, 1.82) is 0 Å². The number of anilines is 1. The van der Waals surface area contributed by atoms with Gasteiger partial charge in [0.1, 0.15) is 15.8 Å². The maximum atomic E-state index is 11.8. The van der Waals surface area contributed by atoms with Gasteiger partial charge in [-0.25, -0.2) is 13.4 Å². The average molecular weight is 274 g/mol. The molecule has 6 nitrogen and oxygen atoms in total. The molecule has 2 rings (SSSR count). The van der Waals surface area contributed by atoms with Crippen LogP contribution in [0.25, 0.3) is 0 Å². The highest BCUT2D eigenvalue weighted by Gasteiger charge is 2.16. The van der Waals surface area contributed by atoms with E-state index >= 15 is 0 Å². The Labute approximate surface area is 103 Å². The molecule has 0 spiro atoms. The van der Waals surface area contributed by atoms with Crippen LogP contribution in [0.15, 0.2) is 33.8 Å². The summed E-state index contributed by atoms with van der Waals surface area (Å²) in [5, 5.41) is 3.76. The summed E-state index contributed by atoms with van der Waals surface area (Å²) in [5.74, 6) is 0.634. The topological polar surface area (TPSA) is 85.1 Å². The first-order valence-electron chi connectivity index (χ1n) is 4.55. The molecule has 0 aliphatic rings. The number of hydrogen-bond acceptors (Lipinski definition) is 5. The highest BCUT2D eigenvalue weighted by Crippen LogP contribution is 2.16. The Hall–Kier alpha value is -1.60. The number of aryl methyl sites for hydroxylation is 1. The first-order chi connectivity index (χ1) is 7.97. The third-order valence-electron chi connectivity index (χ3n) is 1.88. The van der Waals surface area contributed by atoms with Gasteiger partial charge in [0.2, 0.25) is 0 Å².